The second kappa shape index (κ2) is 6.11. The standard InChI is InChI=1S/C20H21N3O/c1-23(12-14-6-7-15-4-2-3-5-16(15)10-14)20(24)17-8-9-18-19(11-17)22-13-21-18/h2-7,10,13,17H,8-9,11-12H2,1H3,(H,21,22). The van der Waals surface area contributed by atoms with E-state index in [9.17, 15) is 4.79 Å². The Balaban J connectivity index is 1.47. The van der Waals surface area contributed by atoms with E-state index in [0.29, 0.717) is 6.54 Å². The number of fused-ring (bicyclic) bond motifs is 2. The second-order valence-corrected chi connectivity index (χ2v) is 6.64. The number of nitrogens with one attached hydrogen (secondary N) is 1. The molecule has 24 heavy (non-hydrogen) atoms. The van der Waals surface area contributed by atoms with Crippen LogP contribution in [0.1, 0.15) is 23.4 Å². The van der Waals surface area contributed by atoms with Crippen molar-refractivity contribution in [2.75, 3.05) is 7.05 Å². The topological polar surface area (TPSA) is 49.0 Å². The molecule has 0 saturated heterocycles. The molecular formula is C20H21N3O. The number of imidazole rings is 1. The van der Waals surface area contributed by atoms with Gasteiger partial charge in [0.25, 0.3) is 0 Å². The molecule has 1 aliphatic carbocycles. The largest absolute Gasteiger partial charge is 0.348 e. The predicted octanol–water partition coefficient (Wildman–Crippen LogP) is 3.33. The summed E-state index contributed by atoms with van der Waals surface area (Å²) in [5, 5.41) is 2.45. The highest BCUT2D eigenvalue weighted by Crippen LogP contribution is 2.25. The molecule has 0 saturated carbocycles. The number of carbonyl (C=O) groups excluding carboxylic acids is 1. The van der Waals surface area contributed by atoms with E-state index in [4.69, 9.17) is 0 Å². The summed E-state index contributed by atoms with van der Waals surface area (Å²) in [6, 6.07) is 14.7. The molecule has 1 atom stereocenters. The number of aromatic amines is 1. The number of aromatic nitrogens is 2. The van der Waals surface area contributed by atoms with Gasteiger partial charge in [0.2, 0.25) is 5.91 Å². The number of nitrogens with zero attached hydrogens (tertiary/aromatic N) is 2. The number of benzene rings is 2. The van der Waals surface area contributed by atoms with Crippen LogP contribution in [-0.2, 0) is 24.2 Å². The Morgan fingerprint density at radius 1 is 1.25 bits per heavy atom. The SMILES string of the molecule is CN(Cc1ccc2ccccc2c1)C(=O)C1CCc2[nH]cnc2C1. The van der Waals surface area contributed by atoms with Gasteiger partial charge in [0.1, 0.15) is 0 Å². The van der Waals surface area contributed by atoms with Gasteiger partial charge in [-0.05, 0) is 35.2 Å². The van der Waals surface area contributed by atoms with Crippen LogP contribution in [0.2, 0.25) is 0 Å². The van der Waals surface area contributed by atoms with E-state index in [0.717, 1.165) is 25.0 Å². The summed E-state index contributed by atoms with van der Waals surface area (Å²) >= 11 is 0. The molecule has 3 aromatic rings. The molecule has 2 aromatic carbocycles. The number of rotatable bonds is 3. The molecule has 4 rings (SSSR count). The van der Waals surface area contributed by atoms with Crippen molar-refractivity contribution in [3.05, 3.63) is 65.7 Å². The first-order chi connectivity index (χ1) is 11.7. The van der Waals surface area contributed by atoms with Gasteiger partial charge in [0.15, 0.2) is 0 Å². The normalized spacial score (nSPS) is 16.8. The molecule has 4 heteroatoms. The van der Waals surface area contributed by atoms with E-state index < -0.39 is 0 Å². The minimum absolute atomic E-state index is 0.0475. The van der Waals surface area contributed by atoms with E-state index >= 15 is 0 Å². The number of carbonyl (C=O) groups is 1. The highest BCUT2D eigenvalue weighted by Gasteiger charge is 2.28. The first-order valence-electron chi connectivity index (χ1n) is 8.44. The molecule has 0 spiro atoms. The van der Waals surface area contributed by atoms with Gasteiger partial charge in [-0.25, -0.2) is 4.98 Å². The summed E-state index contributed by atoms with van der Waals surface area (Å²) < 4.78 is 0. The minimum atomic E-state index is 0.0475. The maximum atomic E-state index is 12.8. The van der Waals surface area contributed by atoms with E-state index in [-0.39, 0.29) is 11.8 Å². The highest BCUT2D eigenvalue weighted by molar-refractivity contribution is 5.83. The van der Waals surface area contributed by atoms with Gasteiger partial charge in [-0.15, -0.1) is 0 Å². The zero-order valence-electron chi connectivity index (χ0n) is 13.8. The number of hydrogen-bond acceptors (Lipinski definition) is 2. The lowest BCUT2D eigenvalue weighted by Gasteiger charge is -2.26. The van der Waals surface area contributed by atoms with Gasteiger partial charge in [0.05, 0.1) is 12.0 Å². The molecule has 1 amide bonds. The summed E-state index contributed by atoms with van der Waals surface area (Å²) in [5.41, 5.74) is 3.41. The average molecular weight is 319 g/mol. The third kappa shape index (κ3) is 2.80. The first-order valence-corrected chi connectivity index (χ1v) is 8.44. The van der Waals surface area contributed by atoms with Crippen LogP contribution < -0.4 is 0 Å². The molecule has 1 N–H and O–H groups in total. The van der Waals surface area contributed by atoms with Crippen LogP contribution in [-0.4, -0.2) is 27.8 Å². The van der Waals surface area contributed by atoms with Crippen molar-refractivity contribution in [2.45, 2.75) is 25.8 Å². The van der Waals surface area contributed by atoms with Crippen molar-refractivity contribution in [1.29, 1.82) is 0 Å². The van der Waals surface area contributed by atoms with Crippen molar-refractivity contribution in [3.8, 4) is 0 Å². The third-order valence-corrected chi connectivity index (χ3v) is 4.95. The van der Waals surface area contributed by atoms with Gasteiger partial charge in [-0.2, -0.15) is 0 Å². The van der Waals surface area contributed by atoms with Crippen LogP contribution in [0.25, 0.3) is 10.8 Å². The fourth-order valence-electron chi connectivity index (χ4n) is 3.61. The molecule has 0 bridgehead atoms. The van der Waals surface area contributed by atoms with Crippen LogP contribution in [0, 0.1) is 5.92 Å². The predicted molar refractivity (Wildman–Crippen MR) is 94.5 cm³/mol. The fraction of sp³-hybridized carbons (Fsp3) is 0.300. The Hall–Kier alpha value is -2.62. The van der Waals surface area contributed by atoms with Crippen LogP contribution >= 0.6 is 0 Å². The Morgan fingerprint density at radius 2 is 2.08 bits per heavy atom. The maximum Gasteiger partial charge on any atom is 0.226 e. The van der Waals surface area contributed by atoms with Crippen LogP contribution in [0.4, 0.5) is 0 Å². The van der Waals surface area contributed by atoms with Gasteiger partial charge in [-0.1, -0.05) is 36.4 Å². The second-order valence-electron chi connectivity index (χ2n) is 6.64. The van der Waals surface area contributed by atoms with Crippen molar-refractivity contribution in [2.24, 2.45) is 5.92 Å². The lowest BCUT2D eigenvalue weighted by Crippen LogP contribution is -2.35. The smallest absolute Gasteiger partial charge is 0.226 e. The maximum absolute atomic E-state index is 12.8. The number of amides is 1. The number of aryl methyl sites for hydroxylation is 1. The summed E-state index contributed by atoms with van der Waals surface area (Å²) in [5.74, 6) is 0.267. The lowest BCUT2D eigenvalue weighted by molar-refractivity contribution is -0.135. The molecular weight excluding hydrogens is 298 g/mol. The Kier molecular flexibility index (Phi) is 3.81. The molecule has 4 nitrogen and oxygen atoms in total. The number of hydrogen-bond donors (Lipinski definition) is 1. The van der Waals surface area contributed by atoms with Crippen molar-refractivity contribution in [3.63, 3.8) is 0 Å². The lowest BCUT2D eigenvalue weighted by atomic mass is 9.88. The fourth-order valence-corrected chi connectivity index (χ4v) is 3.61. The van der Waals surface area contributed by atoms with Gasteiger partial charge in [0, 0.05) is 31.6 Å². The molecule has 1 unspecified atom stereocenters. The number of H-pyrrole nitrogens is 1. The zero-order valence-corrected chi connectivity index (χ0v) is 13.8. The van der Waals surface area contributed by atoms with E-state index in [2.05, 4.69) is 40.3 Å². The van der Waals surface area contributed by atoms with E-state index in [1.165, 1.54) is 22.0 Å². The molecule has 1 aliphatic rings. The molecule has 1 aromatic heterocycles. The van der Waals surface area contributed by atoms with E-state index in [1.54, 1.807) is 6.33 Å². The molecule has 0 fully saturated rings. The van der Waals surface area contributed by atoms with Gasteiger partial charge < -0.3 is 9.88 Å². The summed E-state index contributed by atoms with van der Waals surface area (Å²) in [6.07, 6.45) is 4.29. The first kappa shape index (κ1) is 14.9. The van der Waals surface area contributed by atoms with Gasteiger partial charge in [-0.3, -0.25) is 4.79 Å². The van der Waals surface area contributed by atoms with Gasteiger partial charge >= 0.3 is 0 Å². The highest BCUT2D eigenvalue weighted by atomic mass is 16.2. The van der Waals surface area contributed by atoms with Crippen molar-refractivity contribution in [1.82, 2.24) is 14.9 Å². The molecule has 122 valence electrons. The summed E-state index contributed by atoms with van der Waals surface area (Å²) in [4.78, 5) is 22.1. The Labute approximate surface area is 141 Å². The van der Waals surface area contributed by atoms with E-state index in [1.807, 2.05) is 24.1 Å². The van der Waals surface area contributed by atoms with Crippen LogP contribution in [0.3, 0.4) is 0 Å². The Morgan fingerprint density at radius 3 is 2.96 bits per heavy atom. The molecule has 1 heterocycles. The average Bonchev–Trinajstić information content (AvgIpc) is 3.08. The van der Waals surface area contributed by atoms with Crippen molar-refractivity contribution >= 4 is 16.7 Å². The zero-order chi connectivity index (χ0) is 16.5. The monoisotopic (exact) mass is 319 g/mol. The van der Waals surface area contributed by atoms with Crippen molar-refractivity contribution < 1.29 is 4.79 Å². The van der Waals surface area contributed by atoms with Crippen LogP contribution in [0.15, 0.2) is 48.8 Å². The summed E-state index contributed by atoms with van der Waals surface area (Å²) in [6.45, 7) is 0.646. The molecule has 0 radical (unpaired) electrons. The minimum Gasteiger partial charge on any atom is -0.348 e. The third-order valence-electron chi connectivity index (χ3n) is 4.95. The van der Waals surface area contributed by atoms with Crippen LogP contribution in [0.5, 0.6) is 0 Å². The quantitative estimate of drug-likeness (QED) is 0.805. The summed E-state index contributed by atoms with van der Waals surface area (Å²) in [7, 11) is 1.90. The Bertz CT molecular complexity index is 883. The molecule has 0 aliphatic heterocycles.